The van der Waals surface area contributed by atoms with Crippen molar-refractivity contribution in [1.29, 1.82) is 0 Å². The van der Waals surface area contributed by atoms with E-state index in [0.717, 1.165) is 42.7 Å². The second-order valence-corrected chi connectivity index (χ2v) is 11.2. The van der Waals surface area contributed by atoms with Crippen molar-refractivity contribution >= 4 is 34.6 Å². The number of hydrogen-bond donors (Lipinski definition) is 1. The number of hydrogen-bond acceptors (Lipinski definition) is 5. The molecule has 0 fully saturated rings. The first-order valence-electron chi connectivity index (χ1n) is 12.9. The highest BCUT2D eigenvalue weighted by atomic mass is 35.5. The molecule has 0 saturated heterocycles. The summed E-state index contributed by atoms with van der Waals surface area (Å²) in [6, 6.07) is 10.7. The monoisotopic (exact) mass is 501 g/mol. The second kappa shape index (κ2) is 13.2. The topological polar surface area (TPSA) is 54.5 Å². The van der Waals surface area contributed by atoms with Gasteiger partial charge in [-0.1, -0.05) is 58.7 Å². The number of rotatable bonds is 12. The minimum atomic E-state index is -0.485. The molecule has 1 aromatic heterocycles. The molecule has 35 heavy (non-hydrogen) atoms. The van der Waals surface area contributed by atoms with E-state index in [-0.39, 0.29) is 11.9 Å². The fourth-order valence-electron chi connectivity index (χ4n) is 4.32. The quantitative estimate of drug-likeness (QED) is 0.234. The van der Waals surface area contributed by atoms with Gasteiger partial charge >= 0.3 is 5.97 Å². The third-order valence-electron chi connectivity index (χ3n) is 5.89. The van der Waals surface area contributed by atoms with Crippen LogP contribution in [-0.2, 0) is 9.53 Å². The van der Waals surface area contributed by atoms with Crippen molar-refractivity contribution in [3.63, 3.8) is 0 Å². The van der Waals surface area contributed by atoms with Crippen molar-refractivity contribution < 1.29 is 9.53 Å². The summed E-state index contributed by atoms with van der Waals surface area (Å²) in [4.78, 5) is 19.3. The van der Waals surface area contributed by atoms with Crippen LogP contribution in [0.4, 0.5) is 17.1 Å². The molecular formula is C29H44ClN3O2. The highest BCUT2D eigenvalue weighted by Gasteiger charge is 2.23. The molecule has 0 aliphatic heterocycles. The van der Waals surface area contributed by atoms with Gasteiger partial charge in [-0.05, 0) is 75.3 Å². The smallest absolute Gasteiger partial charge is 0.306 e. The first-order valence-corrected chi connectivity index (χ1v) is 13.3. The van der Waals surface area contributed by atoms with Gasteiger partial charge in [-0.25, -0.2) is 4.98 Å². The zero-order valence-corrected chi connectivity index (χ0v) is 23.6. The standard InChI is InChI=1S/C29H44ClN3O2/c1-9-11-24(10-2)33(19-20(3)4)26-14-12-22(21(5)16-28(34)35-29(6,7)8)17-25(26)32-23-13-15-27(30)31-18-23/h12-15,17-18,20-21,24,32H,9-11,16,19H2,1-8H3. The zero-order chi connectivity index (χ0) is 26.2. The van der Waals surface area contributed by atoms with E-state index in [9.17, 15) is 4.79 Å². The van der Waals surface area contributed by atoms with Gasteiger partial charge in [0.15, 0.2) is 0 Å². The Morgan fingerprint density at radius 1 is 1.14 bits per heavy atom. The summed E-state index contributed by atoms with van der Waals surface area (Å²) in [5.41, 5.74) is 3.67. The summed E-state index contributed by atoms with van der Waals surface area (Å²) in [7, 11) is 0. The van der Waals surface area contributed by atoms with Gasteiger partial charge in [0, 0.05) is 12.6 Å². The highest BCUT2D eigenvalue weighted by Crippen LogP contribution is 2.36. The molecule has 0 amide bonds. The normalized spacial score (nSPS) is 13.4. The molecular weight excluding hydrogens is 458 g/mol. The van der Waals surface area contributed by atoms with Gasteiger partial charge in [0.25, 0.3) is 0 Å². The third-order valence-corrected chi connectivity index (χ3v) is 6.12. The number of pyridine rings is 1. The average Bonchev–Trinajstić information content (AvgIpc) is 2.76. The van der Waals surface area contributed by atoms with Crippen LogP contribution in [0.25, 0.3) is 0 Å². The molecule has 0 radical (unpaired) electrons. The molecule has 6 heteroatoms. The molecule has 1 heterocycles. The van der Waals surface area contributed by atoms with Gasteiger partial charge < -0.3 is 15.0 Å². The molecule has 194 valence electrons. The fourth-order valence-corrected chi connectivity index (χ4v) is 4.43. The van der Waals surface area contributed by atoms with Crippen LogP contribution in [0.5, 0.6) is 0 Å². The molecule has 0 aliphatic rings. The Bertz CT molecular complexity index is 938. The Labute approximate surface area is 217 Å². The third kappa shape index (κ3) is 9.36. The number of halogens is 1. The minimum absolute atomic E-state index is 0.0268. The lowest BCUT2D eigenvalue weighted by molar-refractivity contribution is -0.155. The number of nitrogens with one attached hydrogen (secondary N) is 1. The maximum Gasteiger partial charge on any atom is 0.306 e. The van der Waals surface area contributed by atoms with Crippen molar-refractivity contribution in [3.8, 4) is 0 Å². The summed E-state index contributed by atoms with van der Waals surface area (Å²) in [5.74, 6) is 0.372. The predicted octanol–water partition coefficient (Wildman–Crippen LogP) is 8.36. The molecule has 1 N–H and O–H groups in total. The number of benzene rings is 1. The fraction of sp³-hybridized carbons (Fsp3) is 0.586. The number of carbonyl (C=O) groups is 1. The van der Waals surface area contributed by atoms with Crippen LogP contribution in [0.15, 0.2) is 36.5 Å². The lowest BCUT2D eigenvalue weighted by Gasteiger charge is -2.36. The number of carbonyl (C=O) groups excluding carboxylic acids is 1. The molecule has 2 aromatic rings. The van der Waals surface area contributed by atoms with E-state index in [1.54, 1.807) is 12.3 Å². The number of ether oxygens (including phenoxy) is 1. The average molecular weight is 502 g/mol. The lowest BCUT2D eigenvalue weighted by Crippen LogP contribution is -2.38. The first-order chi connectivity index (χ1) is 16.4. The van der Waals surface area contributed by atoms with Crippen molar-refractivity contribution in [1.82, 2.24) is 4.98 Å². The Morgan fingerprint density at radius 2 is 1.86 bits per heavy atom. The summed E-state index contributed by atoms with van der Waals surface area (Å²) in [6.45, 7) is 17.8. The maximum absolute atomic E-state index is 12.5. The molecule has 5 nitrogen and oxygen atoms in total. The van der Waals surface area contributed by atoms with Crippen LogP contribution < -0.4 is 10.2 Å². The SMILES string of the molecule is CCCC(CC)N(CC(C)C)c1ccc(C(C)CC(=O)OC(C)(C)C)cc1Nc1ccc(Cl)nc1. The number of nitrogens with zero attached hydrogens (tertiary/aromatic N) is 2. The van der Waals surface area contributed by atoms with E-state index in [1.165, 1.54) is 5.69 Å². The molecule has 0 spiro atoms. The maximum atomic E-state index is 12.5. The van der Waals surface area contributed by atoms with Crippen LogP contribution in [0, 0.1) is 5.92 Å². The van der Waals surface area contributed by atoms with Crippen molar-refractivity contribution in [2.45, 2.75) is 98.6 Å². The van der Waals surface area contributed by atoms with Crippen LogP contribution in [0.1, 0.15) is 92.6 Å². The number of aromatic nitrogens is 1. The first kappa shape index (κ1) is 29.0. The molecule has 0 saturated carbocycles. The second-order valence-electron chi connectivity index (χ2n) is 10.9. The van der Waals surface area contributed by atoms with E-state index < -0.39 is 5.60 Å². The van der Waals surface area contributed by atoms with Gasteiger partial charge in [0.1, 0.15) is 10.8 Å². The van der Waals surface area contributed by atoms with Crippen molar-refractivity contribution in [2.24, 2.45) is 5.92 Å². The van der Waals surface area contributed by atoms with Crippen molar-refractivity contribution in [2.75, 3.05) is 16.8 Å². The highest BCUT2D eigenvalue weighted by molar-refractivity contribution is 6.29. The molecule has 0 aliphatic carbocycles. The zero-order valence-electron chi connectivity index (χ0n) is 22.8. The summed E-state index contributed by atoms with van der Waals surface area (Å²) >= 11 is 6.02. The number of esters is 1. The molecule has 2 atom stereocenters. The van der Waals surface area contributed by atoms with E-state index in [2.05, 4.69) is 68.0 Å². The number of anilines is 3. The van der Waals surface area contributed by atoms with Crippen LogP contribution in [-0.4, -0.2) is 29.1 Å². The van der Waals surface area contributed by atoms with E-state index in [4.69, 9.17) is 16.3 Å². The van der Waals surface area contributed by atoms with Crippen molar-refractivity contribution in [3.05, 3.63) is 47.2 Å². The van der Waals surface area contributed by atoms with Gasteiger partial charge in [0.2, 0.25) is 0 Å². The van der Waals surface area contributed by atoms with Gasteiger partial charge in [-0.3, -0.25) is 4.79 Å². The molecule has 2 unspecified atom stereocenters. The Kier molecular flexibility index (Phi) is 10.9. The Balaban J connectivity index is 2.47. The van der Waals surface area contributed by atoms with Crippen LogP contribution in [0.2, 0.25) is 5.15 Å². The van der Waals surface area contributed by atoms with Crippen LogP contribution in [0.3, 0.4) is 0 Å². The lowest BCUT2D eigenvalue weighted by atomic mass is 9.95. The summed E-state index contributed by atoms with van der Waals surface area (Å²) < 4.78 is 5.56. The largest absolute Gasteiger partial charge is 0.460 e. The Morgan fingerprint density at radius 3 is 2.40 bits per heavy atom. The van der Waals surface area contributed by atoms with Gasteiger partial charge in [0.05, 0.1) is 29.7 Å². The summed E-state index contributed by atoms with van der Waals surface area (Å²) in [6.07, 6.45) is 5.45. The van der Waals surface area contributed by atoms with Gasteiger partial charge in [-0.2, -0.15) is 0 Å². The minimum Gasteiger partial charge on any atom is -0.460 e. The predicted molar refractivity (Wildman–Crippen MR) is 149 cm³/mol. The van der Waals surface area contributed by atoms with Gasteiger partial charge in [-0.15, -0.1) is 0 Å². The molecule has 0 bridgehead atoms. The Hall–Kier alpha value is -2.27. The molecule has 1 aromatic carbocycles. The van der Waals surface area contributed by atoms with E-state index >= 15 is 0 Å². The van der Waals surface area contributed by atoms with Crippen LogP contribution >= 0.6 is 11.6 Å². The summed E-state index contributed by atoms with van der Waals surface area (Å²) in [5, 5.41) is 4.05. The molecule has 2 rings (SSSR count). The van der Waals surface area contributed by atoms with E-state index in [0.29, 0.717) is 23.5 Å². The van der Waals surface area contributed by atoms with E-state index in [1.807, 2.05) is 26.8 Å².